The second-order valence-electron chi connectivity index (χ2n) is 7.85. The number of methoxy groups -OCH3 is 1. The van der Waals surface area contributed by atoms with Gasteiger partial charge in [0.25, 0.3) is 0 Å². The van der Waals surface area contributed by atoms with Gasteiger partial charge >= 0.3 is 5.97 Å². The van der Waals surface area contributed by atoms with Gasteiger partial charge in [-0.2, -0.15) is 0 Å². The van der Waals surface area contributed by atoms with Gasteiger partial charge in [-0.25, -0.2) is 4.79 Å². The van der Waals surface area contributed by atoms with Crippen LogP contribution in [0.5, 0.6) is 5.75 Å². The molecule has 30 heavy (non-hydrogen) atoms. The first-order valence-electron chi connectivity index (χ1n) is 10.7. The van der Waals surface area contributed by atoms with Gasteiger partial charge in [-0.15, -0.1) is 0 Å². The monoisotopic (exact) mass is 406 g/mol. The number of carbonyl (C=O) groups is 1. The summed E-state index contributed by atoms with van der Waals surface area (Å²) in [5.74, 6) is 0.661. The highest BCUT2D eigenvalue weighted by atomic mass is 16.5. The molecule has 0 bridgehead atoms. The van der Waals surface area contributed by atoms with Gasteiger partial charge in [-0.1, -0.05) is 18.2 Å². The minimum atomic E-state index is -0.341. The Balaban J connectivity index is 1.76. The topological polar surface area (TPSA) is 42.0 Å². The van der Waals surface area contributed by atoms with Crippen molar-refractivity contribution >= 4 is 17.3 Å². The van der Waals surface area contributed by atoms with Crippen LogP contribution in [0.25, 0.3) is 0 Å². The molecular weight excluding hydrogens is 376 g/mol. The minimum absolute atomic E-state index is 0.154. The predicted molar refractivity (Wildman–Crippen MR) is 120 cm³/mol. The SMILES string of the molecule is CCOC(=O)[C@@H]1CC(N(C)c2ccccc2)=C2CCC[C@H]2N1c1ccc(OC)cc1. The van der Waals surface area contributed by atoms with E-state index < -0.39 is 0 Å². The quantitative estimate of drug-likeness (QED) is 0.646. The fourth-order valence-electron chi connectivity index (χ4n) is 4.81. The van der Waals surface area contributed by atoms with Crippen molar-refractivity contribution < 1.29 is 14.3 Å². The zero-order chi connectivity index (χ0) is 21.1. The second kappa shape index (κ2) is 8.82. The van der Waals surface area contributed by atoms with Gasteiger partial charge in [0, 0.05) is 30.5 Å². The standard InChI is InChI=1S/C25H30N2O3/c1-4-30-25(28)24-17-23(26(2)18-9-6-5-7-10-18)21-11-8-12-22(21)27(24)19-13-15-20(29-3)16-14-19/h5-7,9-10,13-16,22,24H,4,8,11-12,17H2,1-3H3/t22-,24+/m1/s1. The molecule has 1 aliphatic heterocycles. The highest BCUT2D eigenvalue weighted by Crippen LogP contribution is 2.43. The maximum absolute atomic E-state index is 13.1. The highest BCUT2D eigenvalue weighted by Gasteiger charge is 2.43. The lowest BCUT2D eigenvalue weighted by Gasteiger charge is -2.44. The van der Waals surface area contributed by atoms with Crippen molar-refractivity contribution in [3.8, 4) is 5.75 Å². The molecule has 2 aromatic rings. The number of benzene rings is 2. The maximum atomic E-state index is 13.1. The first kappa shape index (κ1) is 20.3. The third-order valence-corrected chi connectivity index (χ3v) is 6.23. The van der Waals surface area contributed by atoms with Crippen LogP contribution in [0.2, 0.25) is 0 Å². The molecule has 0 unspecified atom stereocenters. The molecule has 5 nitrogen and oxygen atoms in total. The van der Waals surface area contributed by atoms with Crippen LogP contribution < -0.4 is 14.5 Å². The Morgan fingerprint density at radius 3 is 2.53 bits per heavy atom. The molecule has 4 rings (SSSR count). The van der Waals surface area contributed by atoms with Gasteiger partial charge < -0.3 is 19.3 Å². The van der Waals surface area contributed by atoms with Crippen molar-refractivity contribution in [2.24, 2.45) is 0 Å². The fourth-order valence-corrected chi connectivity index (χ4v) is 4.81. The number of esters is 1. The highest BCUT2D eigenvalue weighted by molar-refractivity contribution is 5.82. The molecule has 2 aromatic carbocycles. The van der Waals surface area contributed by atoms with Gasteiger partial charge in [0.1, 0.15) is 11.8 Å². The molecule has 1 fully saturated rings. The summed E-state index contributed by atoms with van der Waals surface area (Å²) in [6.45, 7) is 2.25. The third kappa shape index (κ3) is 3.76. The van der Waals surface area contributed by atoms with Gasteiger partial charge in [0.05, 0.1) is 19.8 Å². The van der Waals surface area contributed by atoms with E-state index in [1.807, 2.05) is 37.3 Å². The third-order valence-electron chi connectivity index (χ3n) is 6.23. The number of para-hydroxylation sites is 1. The number of anilines is 2. The maximum Gasteiger partial charge on any atom is 0.329 e. The largest absolute Gasteiger partial charge is 0.497 e. The van der Waals surface area contributed by atoms with Crippen LogP contribution in [-0.4, -0.2) is 38.8 Å². The van der Waals surface area contributed by atoms with Crippen LogP contribution in [-0.2, 0) is 9.53 Å². The number of rotatable bonds is 6. The van der Waals surface area contributed by atoms with E-state index in [0.717, 1.165) is 36.4 Å². The molecule has 2 aliphatic rings. The molecule has 0 N–H and O–H groups in total. The number of hydrogen-bond donors (Lipinski definition) is 0. The first-order valence-corrected chi connectivity index (χ1v) is 10.7. The molecule has 5 heteroatoms. The second-order valence-corrected chi connectivity index (χ2v) is 7.85. The van der Waals surface area contributed by atoms with Crippen LogP contribution in [0.4, 0.5) is 11.4 Å². The Kier molecular flexibility index (Phi) is 5.98. The minimum Gasteiger partial charge on any atom is -0.497 e. The molecule has 0 aromatic heterocycles. The van der Waals surface area contributed by atoms with Crippen molar-refractivity contribution in [2.45, 2.75) is 44.7 Å². The average molecular weight is 407 g/mol. The molecule has 1 aliphatic carbocycles. The average Bonchev–Trinajstić information content (AvgIpc) is 3.28. The Morgan fingerprint density at radius 1 is 1.13 bits per heavy atom. The first-order chi connectivity index (χ1) is 14.6. The summed E-state index contributed by atoms with van der Waals surface area (Å²) >= 11 is 0. The molecule has 1 saturated carbocycles. The van der Waals surface area contributed by atoms with E-state index in [2.05, 4.69) is 41.1 Å². The van der Waals surface area contributed by atoms with Crippen molar-refractivity contribution in [1.82, 2.24) is 0 Å². The Hall–Kier alpha value is -2.95. The molecule has 158 valence electrons. The molecule has 0 saturated heterocycles. The Bertz CT molecular complexity index is 908. The zero-order valence-corrected chi connectivity index (χ0v) is 18.0. The summed E-state index contributed by atoms with van der Waals surface area (Å²) in [7, 11) is 3.78. The summed E-state index contributed by atoms with van der Waals surface area (Å²) in [6, 6.07) is 18.3. The van der Waals surface area contributed by atoms with Gasteiger partial charge in [-0.05, 0) is 68.2 Å². The van der Waals surface area contributed by atoms with Gasteiger partial charge in [0.2, 0.25) is 0 Å². The van der Waals surface area contributed by atoms with Crippen molar-refractivity contribution in [2.75, 3.05) is 30.6 Å². The van der Waals surface area contributed by atoms with E-state index in [-0.39, 0.29) is 18.1 Å². The molecule has 0 radical (unpaired) electrons. The van der Waals surface area contributed by atoms with E-state index in [1.165, 1.54) is 11.3 Å². The van der Waals surface area contributed by atoms with E-state index in [1.54, 1.807) is 7.11 Å². The zero-order valence-electron chi connectivity index (χ0n) is 18.0. The number of nitrogens with zero attached hydrogens (tertiary/aromatic N) is 2. The van der Waals surface area contributed by atoms with E-state index in [0.29, 0.717) is 13.0 Å². The summed E-state index contributed by atoms with van der Waals surface area (Å²) < 4.78 is 10.8. The van der Waals surface area contributed by atoms with Crippen molar-refractivity contribution in [3.05, 3.63) is 65.9 Å². The summed E-state index contributed by atoms with van der Waals surface area (Å²) in [6.07, 6.45) is 3.89. The lowest BCUT2D eigenvalue weighted by atomic mass is 9.92. The van der Waals surface area contributed by atoms with Crippen LogP contribution in [0.15, 0.2) is 65.9 Å². The van der Waals surface area contributed by atoms with E-state index in [4.69, 9.17) is 9.47 Å². The van der Waals surface area contributed by atoms with E-state index in [9.17, 15) is 4.79 Å². The van der Waals surface area contributed by atoms with Crippen molar-refractivity contribution in [3.63, 3.8) is 0 Å². The molecule has 0 amide bonds. The Labute approximate surface area is 178 Å². The van der Waals surface area contributed by atoms with Gasteiger partial charge in [-0.3, -0.25) is 0 Å². The number of hydrogen-bond acceptors (Lipinski definition) is 5. The summed E-state index contributed by atoms with van der Waals surface area (Å²) in [5, 5.41) is 0. The molecule has 1 heterocycles. The number of carbonyl (C=O) groups excluding carboxylic acids is 1. The smallest absolute Gasteiger partial charge is 0.329 e. The van der Waals surface area contributed by atoms with Crippen LogP contribution in [0.1, 0.15) is 32.6 Å². The van der Waals surface area contributed by atoms with Crippen LogP contribution >= 0.6 is 0 Å². The van der Waals surface area contributed by atoms with E-state index >= 15 is 0 Å². The molecule has 2 atom stereocenters. The summed E-state index contributed by atoms with van der Waals surface area (Å²) in [4.78, 5) is 17.6. The number of ether oxygens (including phenoxy) is 2. The summed E-state index contributed by atoms with van der Waals surface area (Å²) in [5.41, 5.74) is 4.88. The van der Waals surface area contributed by atoms with Crippen LogP contribution in [0, 0.1) is 0 Å². The lowest BCUT2D eigenvalue weighted by Crippen LogP contribution is -2.52. The lowest BCUT2D eigenvalue weighted by molar-refractivity contribution is -0.145. The number of fused-ring (bicyclic) bond motifs is 1. The molecular formula is C25H30N2O3. The Morgan fingerprint density at radius 2 is 1.87 bits per heavy atom. The van der Waals surface area contributed by atoms with Crippen LogP contribution in [0.3, 0.4) is 0 Å². The van der Waals surface area contributed by atoms with Gasteiger partial charge in [0.15, 0.2) is 0 Å². The van der Waals surface area contributed by atoms with Crippen molar-refractivity contribution in [1.29, 1.82) is 0 Å². The fraction of sp³-hybridized carbons (Fsp3) is 0.400. The predicted octanol–water partition coefficient (Wildman–Crippen LogP) is 4.78. The normalized spacial score (nSPS) is 20.7. The molecule has 0 spiro atoms.